The summed E-state index contributed by atoms with van der Waals surface area (Å²) in [4.78, 5) is 24.7. The Morgan fingerprint density at radius 1 is 1.20 bits per heavy atom. The van der Waals surface area contributed by atoms with E-state index in [-0.39, 0.29) is 17.4 Å². The van der Waals surface area contributed by atoms with Crippen molar-refractivity contribution in [2.24, 2.45) is 11.3 Å². The molecule has 1 aliphatic heterocycles. The maximum atomic E-state index is 12.1. The highest BCUT2D eigenvalue weighted by Gasteiger charge is 2.43. The lowest BCUT2D eigenvalue weighted by Crippen LogP contribution is -2.40. The Morgan fingerprint density at radius 2 is 1.80 bits per heavy atom. The molecule has 0 N–H and O–H groups in total. The van der Waals surface area contributed by atoms with Crippen LogP contribution in [0.3, 0.4) is 0 Å². The van der Waals surface area contributed by atoms with Crippen LogP contribution in [0.5, 0.6) is 0 Å². The molecule has 1 spiro atoms. The number of carboxylic acid groups (broad SMARTS) is 1. The molecule has 1 saturated carbocycles. The number of ether oxygens (including phenoxy) is 1. The van der Waals surface area contributed by atoms with Gasteiger partial charge in [-0.05, 0) is 64.2 Å². The van der Waals surface area contributed by atoms with Crippen LogP contribution in [0.15, 0.2) is 0 Å². The molecule has 5 heteroatoms. The first-order valence-electron chi connectivity index (χ1n) is 7.40. The Labute approximate surface area is 120 Å². The van der Waals surface area contributed by atoms with E-state index in [2.05, 4.69) is 0 Å². The van der Waals surface area contributed by atoms with Crippen molar-refractivity contribution >= 4 is 12.1 Å². The van der Waals surface area contributed by atoms with Gasteiger partial charge in [0.1, 0.15) is 5.60 Å². The summed E-state index contributed by atoms with van der Waals surface area (Å²) in [7, 11) is 0. The van der Waals surface area contributed by atoms with Crippen LogP contribution < -0.4 is 5.11 Å². The summed E-state index contributed by atoms with van der Waals surface area (Å²) < 4.78 is 5.40. The molecule has 0 unspecified atom stereocenters. The van der Waals surface area contributed by atoms with Gasteiger partial charge in [-0.2, -0.15) is 0 Å². The predicted octanol–water partition coefficient (Wildman–Crippen LogP) is 1.55. The third kappa shape index (κ3) is 3.44. The van der Waals surface area contributed by atoms with Gasteiger partial charge >= 0.3 is 6.09 Å². The van der Waals surface area contributed by atoms with E-state index in [1.807, 2.05) is 20.8 Å². The molecule has 0 bridgehead atoms. The molecule has 0 radical (unpaired) electrons. The summed E-state index contributed by atoms with van der Waals surface area (Å²) in [5.41, 5.74) is -0.373. The number of carboxylic acids is 1. The van der Waals surface area contributed by atoms with Gasteiger partial charge in [-0.25, -0.2) is 4.79 Å². The molecule has 114 valence electrons. The molecule has 2 fully saturated rings. The van der Waals surface area contributed by atoms with Crippen molar-refractivity contribution in [3.63, 3.8) is 0 Å². The van der Waals surface area contributed by atoms with E-state index in [9.17, 15) is 14.7 Å². The minimum absolute atomic E-state index is 0.100. The van der Waals surface area contributed by atoms with Crippen LogP contribution in [0, 0.1) is 11.3 Å². The maximum absolute atomic E-state index is 12.1. The smallest absolute Gasteiger partial charge is 0.410 e. The van der Waals surface area contributed by atoms with Gasteiger partial charge in [-0.1, -0.05) is 0 Å². The molecule has 0 aromatic rings. The minimum atomic E-state index is -0.929. The van der Waals surface area contributed by atoms with Crippen molar-refractivity contribution in [3.8, 4) is 0 Å². The SMILES string of the molecule is CC(C)(C)OC(=O)N1CCC2(CCC(C(=O)[O-])CC2)C1. The van der Waals surface area contributed by atoms with Gasteiger partial charge in [-0.3, -0.25) is 0 Å². The fourth-order valence-electron chi connectivity index (χ4n) is 3.29. The molecular weight excluding hydrogens is 258 g/mol. The Balaban J connectivity index is 1.89. The summed E-state index contributed by atoms with van der Waals surface area (Å²) in [5, 5.41) is 10.9. The fourth-order valence-corrected chi connectivity index (χ4v) is 3.29. The summed E-state index contributed by atoms with van der Waals surface area (Å²) in [6.45, 7) is 7.00. The summed E-state index contributed by atoms with van der Waals surface area (Å²) in [6.07, 6.45) is 3.77. The molecule has 2 rings (SSSR count). The average molecular weight is 282 g/mol. The molecule has 0 atom stereocenters. The third-order valence-electron chi connectivity index (χ3n) is 4.47. The van der Waals surface area contributed by atoms with Crippen LogP contribution >= 0.6 is 0 Å². The number of carbonyl (C=O) groups is 2. The molecule has 5 nitrogen and oxygen atoms in total. The molecule has 0 aromatic heterocycles. The number of aliphatic carboxylic acids is 1. The number of likely N-dealkylation sites (tertiary alicyclic amines) is 1. The van der Waals surface area contributed by atoms with Crippen molar-refractivity contribution in [3.05, 3.63) is 0 Å². The van der Waals surface area contributed by atoms with E-state index in [0.29, 0.717) is 25.9 Å². The fraction of sp³-hybridized carbons (Fsp3) is 0.867. The standard InChI is InChI=1S/C15H25NO4/c1-14(2,3)20-13(19)16-9-8-15(10-16)6-4-11(5-7-15)12(17)18/h11H,4-10H2,1-3H3,(H,17,18)/p-1. The molecule has 0 aromatic carbocycles. The van der Waals surface area contributed by atoms with Crippen molar-refractivity contribution in [1.82, 2.24) is 4.90 Å². The summed E-state index contributed by atoms with van der Waals surface area (Å²) >= 11 is 0. The zero-order valence-electron chi connectivity index (χ0n) is 12.6. The number of carbonyl (C=O) groups excluding carboxylic acids is 2. The second-order valence-corrected chi connectivity index (χ2v) is 7.25. The topological polar surface area (TPSA) is 69.7 Å². The second kappa shape index (κ2) is 5.26. The molecule has 1 aliphatic carbocycles. The van der Waals surface area contributed by atoms with Crippen molar-refractivity contribution < 1.29 is 19.4 Å². The maximum Gasteiger partial charge on any atom is 0.410 e. The van der Waals surface area contributed by atoms with Crippen LogP contribution in [0.1, 0.15) is 52.9 Å². The van der Waals surface area contributed by atoms with Crippen LogP contribution in [0.25, 0.3) is 0 Å². The summed E-state index contributed by atoms with van der Waals surface area (Å²) in [5.74, 6) is -1.24. The van der Waals surface area contributed by atoms with Crippen LogP contribution in [0.4, 0.5) is 4.79 Å². The van der Waals surface area contributed by atoms with Crippen LogP contribution in [-0.4, -0.2) is 35.7 Å². The highest BCUT2D eigenvalue weighted by molar-refractivity contribution is 5.69. The molecule has 1 heterocycles. The zero-order valence-corrected chi connectivity index (χ0v) is 12.6. The van der Waals surface area contributed by atoms with E-state index in [1.165, 1.54) is 0 Å². The van der Waals surface area contributed by atoms with Crippen molar-refractivity contribution in [2.45, 2.75) is 58.5 Å². The quantitative estimate of drug-likeness (QED) is 0.731. The highest BCUT2D eigenvalue weighted by Crippen LogP contribution is 2.45. The normalized spacial score (nSPS) is 30.6. The Morgan fingerprint density at radius 3 is 2.30 bits per heavy atom. The van der Waals surface area contributed by atoms with E-state index in [0.717, 1.165) is 19.3 Å². The van der Waals surface area contributed by atoms with Gasteiger partial charge in [0.05, 0.1) is 0 Å². The van der Waals surface area contributed by atoms with E-state index in [1.54, 1.807) is 4.90 Å². The minimum Gasteiger partial charge on any atom is -0.550 e. The monoisotopic (exact) mass is 282 g/mol. The van der Waals surface area contributed by atoms with Crippen molar-refractivity contribution in [2.75, 3.05) is 13.1 Å². The lowest BCUT2D eigenvalue weighted by Gasteiger charge is -2.37. The number of nitrogens with zero attached hydrogens (tertiary/aromatic N) is 1. The number of hydrogen-bond donors (Lipinski definition) is 0. The van der Waals surface area contributed by atoms with Gasteiger partial charge < -0.3 is 19.5 Å². The number of rotatable bonds is 1. The van der Waals surface area contributed by atoms with E-state index < -0.39 is 11.6 Å². The lowest BCUT2D eigenvalue weighted by atomic mass is 9.70. The lowest BCUT2D eigenvalue weighted by molar-refractivity contribution is -0.312. The first-order chi connectivity index (χ1) is 9.21. The Kier molecular flexibility index (Phi) is 3.98. The molecule has 20 heavy (non-hydrogen) atoms. The average Bonchev–Trinajstić information content (AvgIpc) is 2.72. The van der Waals surface area contributed by atoms with Crippen LogP contribution in [-0.2, 0) is 9.53 Å². The predicted molar refractivity (Wildman–Crippen MR) is 71.8 cm³/mol. The van der Waals surface area contributed by atoms with Gasteiger partial charge in [0.15, 0.2) is 0 Å². The largest absolute Gasteiger partial charge is 0.550 e. The number of amides is 1. The molecule has 2 aliphatic rings. The zero-order chi connectivity index (χ0) is 15.0. The van der Waals surface area contributed by atoms with Crippen molar-refractivity contribution in [1.29, 1.82) is 0 Å². The van der Waals surface area contributed by atoms with E-state index >= 15 is 0 Å². The van der Waals surface area contributed by atoms with Gasteiger partial charge in [0.25, 0.3) is 0 Å². The highest BCUT2D eigenvalue weighted by atomic mass is 16.6. The second-order valence-electron chi connectivity index (χ2n) is 7.25. The third-order valence-corrected chi connectivity index (χ3v) is 4.47. The Bertz CT molecular complexity index is 391. The van der Waals surface area contributed by atoms with E-state index in [4.69, 9.17) is 4.74 Å². The molecule has 1 amide bonds. The van der Waals surface area contributed by atoms with Gasteiger partial charge in [0.2, 0.25) is 0 Å². The first-order valence-corrected chi connectivity index (χ1v) is 7.40. The Hall–Kier alpha value is -1.26. The molecular formula is C15H24NO4-. The van der Waals surface area contributed by atoms with Gasteiger partial charge in [0, 0.05) is 19.1 Å². The first kappa shape index (κ1) is 15.1. The number of hydrogen-bond acceptors (Lipinski definition) is 4. The molecule has 1 saturated heterocycles. The van der Waals surface area contributed by atoms with Gasteiger partial charge in [-0.15, -0.1) is 0 Å². The summed E-state index contributed by atoms with van der Waals surface area (Å²) in [6, 6.07) is 0. The van der Waals surface area contributed by atoms with Crippen LogP contribution in [0.2, 0.25) is 0 Å².